The number of H-pyrrole nitrogens is 1. The molecule has 31 heavy (non-hydrogen) atoms. The number of carbonyl (C=O) groups excluding carboxylic acids is 2. The third-order valence-corrected chi connectivity index (χ3v) is 5.64. The molecule has 0 saturated carbocycles. The van der Waals surface area contributed by atoms with Crippen molar-refractivity contribution < 1.29 is 9.59 Å². The SMILES string of the molecule is O=C1C[C@H](C(=O)Nc2ccc(Br)cc2)c2c(nc(Nc3ccc(Cl)cc3Cl)[nH]c2=O)N1. The van der Waals surface area contributed by atoms with E-state index in [9.17, 15) is 14.4 Å². The second kappa shape index (κ2) is 8.70. The molecular weight excluding hydrogens is 509 g/mol. The van der Waals surface area contributed by atoms with E-state index in [-0.39, 0.29) is 23.8 Å². The molecule has 158 valence electrons. The van der Waals surface area contributed by atoms with Crippen LogP contribution in [0.3, 0.4) is 0 Å². The Morgan fingerprint density at radius 2 is 1.87 bits per heavy atom. The molecule has 1 aliphatic rings. The van der Waals surface area contributed by atoms with Crippen LogP contribution in [-0.4, -0.2) is 21.8 Å². The molecule has 0 spiro atoms. The summed E-state index contributed by atoms with van der Waals surface area (Å²) in [4.78, 5) is 44.7. The summed E-state index contributed by atoms with van der Waals surface area (Å²) in [6, 6.07) is 11.7. The first kappa shape index (κ1) is 21.4. The maximum absolute atomic E-state index is 12.8. The molecular formula is C20H14BrCl2N5O3. The van der Waals surface area contributed by atoms with Crippen molar-refractivity contribution in [3.05, 3.63) is 72.9 Å². The fourth-order valence-corrected chi connectivity index (χ4v) is 3.86. The molecule has 2 heterocycles. The third-order valence-electron chi connectivity index (χ3n) is 4.56. The molecule has 1 aliphatic heterocycles. The van der Waals surface area contributed by atoms with Gasteiger partial charge in [0.2, 0.25) is 17.8 Å². The highest BCUT2D eigenvalue weighted by atomic mass is 79.9. The Labute approximate surface area is 194 Å². The lowest BCUT2D eigenvalue weighted by Crippen LogP contribution is -2.36. The summed E-state index contributed by atoms with van der Waals surface area (Å²) in [5, 5.41) is 8.94. The Morgan fingerprint density at radius 3 is 2.58 bits per heavy atom. The molecule has 0 bridgehead atoms. The minimum Gasteiger partial charge on any atom is -0.326 e. The molecule has 3 aromatic rings. The predicted octanol–water partition coefficient (Wildman–Crippen LogP) is 4.65. The van der Waals surface area contributed by atoms with Crippen molar-refractivity contribution in [1.29, 1.82) is 0 Å². The summed E-state index contributed by atoms with van der Waals surface area (Å²) < 4.78 is 0.856. The number of halogens is 3. The number of carbonyl (C=O) groups is 2. The van der Waals surface area contributed by atoms with Gasteiger partial charge in [-0.15, -0.1) is 0 Å². The summed E-state index contributed by atoms with van der Waals surface area (Å²) in [6.07, 6.45) is -0.171. The predicted molar refractivity (Wildman–Crippen MR) is 123 cm³/mol. The Hall–Kier alpha value is -2.88. The minimum absolute atomic E-state index is 0.0172. The molecule has 0 fully saturated rings. The third kappa shape index (κ3) is 4.73. The number of amides is 2. The maximum Gasteiger partial charge on any atom is 0.258 e. The van der Waals surface area contributed by atoms with Crippen LogP contribution in [0, 0.1) is 0 Å². The molecule has 4 N–H and O–H groups in total. The standard InChI is InChI=1S/C20H14BrCl2N5O3/c21-9-1-4-11(5-2-9)24-18(30)12-8-15(29)26-17-16(12)19(31)28-20(27-17)25-14-6-3-10(22)7-13(14)23/h1-7,12H,8H2,(H,24,30)(H3,25,26,27,28,29,31)/t12-/m0/s1. The fraction of sp³-hybridized carbons (Fsp3) is 0.100. The lowest BCUT2D eigenvalue weighted by atomic mass is 9.92. The summed E-state index contributed by atoms with van der Waals surface area (Å²) in [7, 11) is 0. The zero-order valence-electron chi connectivity index (χ0n) is 15.6. The number of benzene rings is 2. The van der Waals surface area contributed by atoms with Crippen LogP contribution in [0.15, 0.2) is 51.7 Å². The molecule has 0 aliphatic carbocycles. The van der Waals surface area contributed by atoms with E-state index in [2.05, 4.69) is 41.8 Å². The minimum atomic E-state index is -0.989. The molecule has 0 radical (unpaired) electrons. The Morgan fingerprint density at radius 1 is 1.13 bits per heavy atom. The summed E-state index contributed by atoms with van der Waals surface area (Å²) >= 11 is 15.4. The largest absolute Gasteiger partial charge is 0.326 e. The quantitative estimate of drug-likeness (QED) is 0.398. The number of hydrogen-bond acceptors (Lipinski definition) is 5. The Bertz CT molecular complexity index is 1250. The highest BCUT2D eigenvalue weighted by Gasteiger charge is 2.34. The maximum atomic E-state index is 12.8. The van der Waals surface area contributed by atoms with Gasteiger partial charge in [0.25, 0.3) is 5.56 Å². The molecule has 0 saturated heterocycles. The monoisotopic (exact) mass is 521 g/mol. The van der Waals surface area contributed by atoms with Gasteiger partial charge in [-0.25, -0.2) is 0 Å². The van der Waals surface area contributed by atoms with Gasteiger partial charge >= 0.3 is 0 Å². The molecule has 11 heteroatoms. The van der Waals surface area contributed by atoms with Crippen LogP contribution >= 0.6 is 39.1 Å². The van der Waals surface area contributed by atoms with E-state index in [4.69, 9.17) is 23.2 Å². The van der Waals surface area contributed by atoms with Crippen LogP contribution in [0.1, 0.15) is 17.9 Å². The number of aromatic nitrogens is 2. The lowest BCUT2D eigenvalue weighted by molar-refractivity contribution is -0.123. The average Bonchev–Trinajstić information content (AvgIpc) is 2.71. The molecule has 1 atom stereocenters. The van der Waals surface area contributed by atoms with E-state index in [1.807, 2.05) is 0 Å². The van der Waals surface area contributed by atoms with E-state index in [0.717, 1.165) is 4.47 Å². The van der Waals surface area contributed by atoms with E-state index >= 15 is 0 Å². The van der Waals surface area contributed by atoms with Crippen molar-refractivity contribution in [3.8, 4) is 0 Å². The zero-order valence-corrected chi connectivity index (χ0v) is 18.7. The molecule has 0 unspecified atom stereocenters. The van der Waals surface area contributed by atoms with Gasteiger partial charge in [0, 0.05) is 21.6 Å². The molecule has 8 nitrogen and oxygen atoms in total. The van der Waals surface area contributed by atoms with Gasteiger partial charge in [-0.2, -0.15) is 4.98 Å². The van der Waals surface area contributed by atoms with Gasteiger partial charge < -0.3 is 16.0 Å². The van der Waals surface area contributed by atoms with Crippen molar-refractivity contribution >= 4 is 74.1 Å². The van der Waals surface area contributed by atoms with Gasteiger partial charge in [-0.3, -0.25) is 19.4 Å². The topological polar surface area (TPSA) is 116 Å². The van der Waals surface area contributed by atoms with Crippen LogP contribution in [0.5, 0.6) is 0 Å². The van der Waals surface area contributed by atoms with E-state index in [0.29, 0.717) is 21.4 Å². The number of nitrogens with zero attached hydrogens (tertiary/aromatic N) is 1. The second-order valence-electron chi connectivity index (χ2n) is 6.73. The van der Waals surface area contributed by atoms with Gasteiger partial charge in [0.05, 0.1) is 22.2 Å². The normalized spacial score (nSPS) is 15.1. The van der Waals surface area contributed by atoms with Crippen molar-refractivity contribution in [2.45, 2.75) is 12.3 Å². The molecule has 4 rings (SSSR count). The lowest BCUT2D eigenvalue weighted by Gasteiger charge is -2.23. The van der Waals surface area contributed by atoms with Gasteiger partial charge in [-0.05, 0) is 42.5 Å². The van der Waals surface area contributed by atoms with Crippen molar-refractivity contribution in [2.75, 3.05) is 16.0 Å². The highest BCUT2D eigenvalue weighted by molar-refractivity contribution is 9.10. The van der Waals surface area contributed by atoms with Crippen molar-refractivity contribution in [3.63, 3.8) is 0 Å². The van der Waals surface area contributed by atoms with Gasteiger partial charge in [0.1, 0.15) is 5.82 Å². The van der Waals surface area contributed by atoms with Gasteiger partial charge in [-0.1, -0.05) is 39.1 Å². The summed E-state index contributed by atoms with van der Waals surface area (Å²) in [6.45, 7) is 0. The number of rotatable bonds is 4. The van der Waals surface area contributed by atoms with E-state index in [1.165, 1.54) is 6.07 Å². The first-order valence-electron chi connectivity index (χ1n) is 9.03. The first-order chi connectivity index (χ1) is 14.8. The number of fused-ring (bicyclic) bond motifs is 1. The second-order valence-corrected chi connectivity index (χ2v) is 8.49. The highest BCUT2D eigenvalue weighted by Crippen LogP contribution is 2.31. The van der Waals surface area contributed by atoms with Crippen LogP contribution in [0.25, 0.3) is 0 Å². The summed E-state index contributed by atoms with van der Waals surface area (Å²) in [5.74, 6) is -1.81. The average molecular weight is 523 g/mol. The van der Waals surface area contributed by atoms with Crippen LogP contribution < -0.4 is 21.5 Å². The van der Waals surface area contributed by atoms with Crippen molar-refractivity contribution in [1.82, 2.24) is 9.97 Å². The van der Waals surface area contributed by atoms with E-state index < -0.39 is 23.3 Å². The number of anilines is 4. The first-order valence-corrected chi connectivity index (χ1v) is 10.6. The van der Waals surface area contributed by atoms with Crippen LogP contribution in [0.4, 0.5) is 23.1 Å². The fourth-order valence-electron chi connectivity index (χ4n) is 3.14. The molecule has 2 amide bonds. The zero-order chi connectivity index (χ0) is 22.1. The smallest absolute Gasteiger partial charge is 0.258 e. The number of aromatic amines is 1. The van der Waals surface area contributed by atoms with Gasteiger partial charge in [0.15, 0.2) is 0 Å². The Balaban J connectivity index is 1.64. The van der Waals surface area contributed by atoms with Crippen molar-refractivity contribution in [2.24, 2.45) is 0 Å². The number of nitrogens with one attached hydrogen (secondary N) is 4. The summed E-state index contributed by atoms with van der Waals surface area (Å²) in [5.41, 5.74) is 0.539. The van der Waals surface area contributed by atoms with Crippen LogP contribution in [-0.2, 0) is 9.59 Å². The number of hydrogen-bond donors (Lipinski definition) is 4. The van der Waals surface area contributed by atoms with E-state index in [1.54, 1.807) is 36.4 Å². The Kier molecular flexibility index (Phi) is 5.99. The molecule has 2 aromatic carbocycles. The molecule has 1 aromatic heterocycles. The van der Waals surface area contributed by atoms with Crippen LogP contribution in [0.2, 0.25) is 10.0 Å².